The van der Waals surface area contributed by atoms with Gasteiger partial charge in [0, 0.05) is 18.5 Å². The first-order valence-electron chi connectivity index (χ1n) is 9.21. The molecular formula is C20H17N5O6S. The van der Waals surface area contributed by atoms with Crippen LogP contribution in [0.4, 0.5) is 6.01 Å². The predicted molar refractivity (Wildman–Crippen MR) is 111 cm³/mol. The number of hydrogen-bond acceptors (Lipinski definition) is 9. The Bertz CT molecular complexity index is 1230. The Hall–Kier alpha value is -4.08. The highest BCUT2D eigenvalue weighted by atomic mass is 32.2. The molecule has 164 valence electrons. The molecule has 3 rings (SSSR count). The van der Waals surface area contributed by atoms with Crippen molar-refractivity contribution >= 4 is 27.9 Å². The summed E-state index contributed by atoms with van der Waals surface area (Å²) in [5.41, 5.74) is 0.732. The summed E-state index contributed by atoms with van der Waals surface area (Å²) in [5, 5.41) is 18.3. The Labute approximate surface area is 183 Å². The van der Waals surface area contributed by atoms with Gasteiger partial charge >= 0.3 is 12.0 Å². The van der Waals surface area contributed by atoms with Crippen LogP contribution in [-0.4, -0.2) is 43.6 Å². The minimum Gasteiger partial charge on any atom is -0.452 e. The van der Waals surface area contributed by atoms with Crippen LogP contribution in [0.3, 0.4) is 0 Å². The first-order chi connectivity index (χ1) is 15.4. The molecule has 1 heterocycles. The van der Waals surface area contributed by atoms with Gasteiger partial charge < -0.3 is 9.15 Å². The van der Waals surface area contributed by atoms with Gasteiger partial charge in [0.1, 0.15) is 0 Å². The molecule has 0 spiro atoms. The van der Waals surface area contributed by atoms with Gasteiger partial charge in [-0.3, -0.25) is 10.1 Å². The van der Waals surface area contributed by atoms with Gasteiger partial charge in [0.25, 0.3) is 5.91 Å². The smallest absolute Gasteiger partial charge is 0.338 e. The maximum absolute atomic E-state index is 12.1. The van der Waals surface area contributed by atoms with E-state index >= 15 is 0 Å². The Morgan fingerprint density at radius 3 is 2.47 bits per heavy atom. The molecule has 32 heavy (non-hydrogen) atoms. The van der Waals surface area contributed by atoms with Crippen LogP contribution in [0.5, 0.6) is 0 Å². The Morgan fingerprint density at radius 2 is 1.78 bits per heavy atom. The van der Waals surface area contributed by atoms with Crippen molar-refractivity contribution in [3.8, 4) is 17.5 Å². The number of aromatic nitrogens is 2. The number of esters is 1. The van der Waals surface area contributed by atoms with Gasteiger partial charge in [0.05, 0.1) is 16.5 Å². The average molecular weight is 455 g/mol. The summed E-state index contributed by atoms with van der Waals surface area (Å²) in [6.45, 7) is -0.637. The monoisotopic (exact) mass is 455 g/mol. The van der Waals surface area contributed by atoms with Gasteiger partial charge in [-0.05, 0) is 36.4 Å². The van der Waals surface area contributed by atoms with Gasteiger partial charge in [-0.15, -0.1) is 5.10 Å². The molecule has 0 saturated heterocycles. The molecule has 3 aromatic rings. The van der Waals surface area contributed by atoms with Gasteiger partial charge in [-0.25, -0.2) is 17.9 Å². The normalized spacial score (nSPS) is 10.8. The van der Waals surface area contributed by atoms with E-state index in [0.29, 0.717) is 5.56 Å². The third-order valence-electron chi connectivity index (χ3n) is 3.96. The lowest BCUT2D eigenvalue weighted by Gasteiger charge is -2.07. The van der Waals surface area contributed by atoms with Crippen molar-refractivity contribution in [2.24, 2.45) is 0 Å². The van der Waals surface area contributed by atoms with E-state index in [0.717, 1.165) is 0 Å². The van der Waals surface area contributed by atoms with Crippen molar-refractivity contribution in [1.82, 2.24) is 14.9 Å². The van der Waals surface area contributed by atoms with Gasteiger partial charge in [0.15, 0.2) is 6.61 Å². The third kappa shape index (κ3) is 5.97. The number of nitrogens with one attached hydrogen (secondary N) is 2. The number of sulfonamides is 1. The van der Waals surface area contributed by atoms with Crippen LogP contribution in [0, 0.1) is 11.3 Å². The van der Waals surface area contributed by atoms with Crippen LogP contribution in [0.15, 0.2) is 63.9 Å². The first kappa shape index (κ1) is 22.6. The van der Waals surface area contributed by atoms with Crippen LogP contribution in [0.25, 0.3) is 11.5 Å². The molecule has 2 N–H and O–H groups in total. The van der Waals surface area contributed by atoms with E-state index in [1.54, 1.807) is 24.3 Å². The minimum absolute atomic E-state index is 0.0232. The largest absolute Gasteiger partial charge is 0.452 e. The Kier molecular flexibility index (Phi) is 7.27. The summed E-state index contributed by atoms with van der Waals surface area (Å²) in [6, 6.07) is 15.6. The number of amides is 1. The number of anilines is 1. The Morgan fingerprint density at radius 1 is 1.06 bits per heavy atom. The highest BCUT2D eigenvalue weighted by Crippen LogP contribution is 2.19. The number of carbonyl (C=O) groups excluding carboxylic acids is 2. The van der Waals surface area contributed by atoms with Crippen molar-refractivity contribution in [3.63, 3.8) is 0 Å². The summed E-state index contributed by atoms with van der Waals surface area (Å²) in [4.78, 5) is 24.0. The minimum atomic E-state index is -3.79. The summed E-state index contributed by atoms with van der Waals surface area (Å²) < 4.78 is 36.6. The van der Waals surface area contributed by atoms with Crippen LogP contribution in [-0.2, 0) is 19.6 Å². The van der Waals surface area contributed by atoms with Crippen molar-refractivity contribution in [1.29, 1.82) is 5.26 Å². The van der Waals surface area contributed by atoms with Crippen molar-refractivity contribution < 1.29 is 27.2 Å². The molecule has 0 aliphatic carbocycles. The average Bonchev–Trinajstić information content (AvgIpc) is 3.26. The fraction of sp³-hybridized carbons (Fsp3) is 0.150. The zero-order chi connectivity index (χ0) is 23.0. The number of hydrogen-bond donors (Lipinski definition) is 2. The van der Waals surface area contributed by atoms with Crippen LogP contribution < -0.4 is 10.0 Å². The second-order valence-corrected chi connectivity index (χ2v) is 8.00. The summed E-state index contributed by atoms with van der Waals surface area (Å²) in [5.74, 6) is -1.30. The van der Waals surface area contributed by atoms with Gasteiger partial charge in [0.2, 0.25) is 15.9 Å². The molecule has 2 aromatic carbocycles. The summed E-state index contributed by atoms with van der Waals surface area (Å²) >= 11 is 0. The van der Waals surface area contributed by atoms with Crippen LogP contribution in [0.2, 0.25) is 0 Å². The summed E-state index contributed by atoms with van der Waals surface area (Å²) in [7, 11) is -3.79. The van der Waals surface area contributed by atoms with Gasteiger partial charge in [-0.2, -0.15) is 5.26 Å². The van der Waals surface area contributed by atoms with Gasteiger partial charge in [-0.1, -0.05) is 23.3 Å². The maximum atomic E-state index is 12.1. The molecule has 1 aromatic heterocycles. The standard InChI is InChI=1S/C20H17N5O6S/c21-11-4-12-22-32(28,29)16-9-7-15(8-10-16)19(27)30-13-17(26)23-20-25-24-18(31-20)14-5-2-1-3-6-14/h1-3,5-10,22H,4,12-13H2,(H,23,25,26). The molecule has 0 atom stereocenters. The van der Waals surface area contributed by atoms with Crippen molar-refractivity contribution in [2.75, 3.05) is 18.5 Å². The molecule has 1 amide bonds. The molecule has 0 saturated carbocycles. The Balaban J connectivity index is 1.51. The van der Waals surface area contributed by atoms with E-state index < -0.39 is 28.5 Å². The molecule has 0 radical (unpaired) electrons. The van der Waals surface area contributed by atoms with Crippen LogP contribution >= 0.6 is 0 Å². The van der Waals surface area contributed by atoms with E-state index in [-0.39, 0.29) is 35.3 Å². The van der Waals surface area contributed by atoms with E-state index in [2.05, 4.69) is 20.2 Å². The van der Waals surface area contributed by atoms with Crippen molar-refractivity contribution in [3.05, 3.63) is 60.2 Å². The zero-order valence-corrected chi connectivity index (χ0v) is 17.3. The molecule has 12 heteroatoms. The number of carbonyl (C=O) groups is 2. The molecule has 0 fully saturated rings. The fourth-order valence-electron chi connectivity index (χ4n) is 2.44. The summed E-state index contributed by atoms with van der Waals surface area (Å²) in [6.07, 6.45) is 0.0306. The van der Waals surface area contributed by atoms with E-state index in [1.807, 2.05) is 12.1 Å². The maximum Gasteiger partial charge on any atom is 0.338 e. The second-order valence-electron chi connectivity index (χ2n) is 6.23. The highest BCUT2D eigenvalue weighted by molar-refractivity contribution is 7.89. The number of nitriles is 1. The SMILES string of the molecule is N#CCCNS(=O)(=O)c1ccc(C(=O)OCC(=O)Nc2nnc(-c3ccccc3)o2)cc1. The topological polar surface area (TPSA) is 164 Å². The molecule has 0 bridgehead atoms. The second kappa shape index (κ2) is 10.3. The molecular weight excluding hydrogens is 438 g/mol. The third-order valence-corrected chi connectivity index (χ3v) is 5.43. The lowest BCUT2D eigenvalue weighted by molar-refractivity contribution is -0.119. The molecule has 11 nitrogen and oxygen atoms in total. The quantitative estimate of drug-likeness (QED) is 0.361. The van der Waals surface area contributed by atoms with E-state index in [4.69, 9.17) is 14.4 Å². The number of benzene rings is 2. The molecule has 0 aliphatic rings. The van der Waals surface area contributed by atoms with Crippen LogP contribution in [0.1, 0.15) is 16.8 Å². The number of ether oxygens (including phenoxy) is 1. The van der Waals surface area contributed by atoms with E-state index in [9.17, 15) is 18.0 Å². The highest BCUT2D eigenvalue weighted by Gasteiger charge is 2.17. The van der Waals surface area contributed by atoms with E-state index in [1.165, 1.54) is 24.3 Å². The molecule has 0 aliphatic heterocycles. The predicted octanol–water partition coefficient (Wildman–Crippen LogP) is 1.72. The van der Waals surface area contributed by atoms with Crippen molar-refractivity contribution in [2.45, 2.75) is 11.3 Å². The lowest BCUT2D eigenvalue weighted by Crippen LogP contribution is -2.24. The fourth-order valence-corrected chi connectivity index (χ4v) is 3.47. The lowest BCUT2D eigenvalue weighted by atomic mass is 10.2. The molecule has 0 unspecified atom stereocenters. The zero-order valence-electron chi connectivity index (χ0n) is 16.5. The number of nitrogens with zero attached hydrogens (tertiary/aromatic N) is 3. The number of rotatable bonds is 9. The first-order valence-corrected chi connectivity index (χ1v) is 10.7.